The standard InChI is InChI=1S/C25H33N5O7/c1-13(2)21(25(36)37)29-23(34)19-8-5-9-30(19)24(35)18(28-22(33)16(26)11-20(31)32)10-14-12-27-17-7-4-3-6-15(14)17/h3-4,6-7,12-13,16,18-19,21,27H,5,8-11,26H2,1-2H3,(H,28,33)(H,29,34)(H,31,32)(H,36,37). The SMILES string of the molecule is CC(C)C(NC(=O)C1CCCN1C(=O)C(Cc1c[nH]c2ccccc12)NC(=O)C(N)CC(=O)O)C(=O)O. The number of hydrogen-bond donors (Lipinski definition) is 6. The minimum atomic E-state index is -1.36. The lowest BCUT2D eigenvalue weighted by Crippen LogP contribution is -2.57. The molecule has 3 amide bonds. The molecule has 37 heavy (non-hydrogen) atoms. The Hall–Kier alpha value is -3.93. The molecule has 0 aliphatic carbocycles. The summed E-state index contributed by atoms with van der Waals surface area (Å²) in [5.41, 5.74) is 7.31. The highest BCUT2D eigenvalue weighted by Gasteiger charge is 2.39. The Morgan fingerprint density at radius 2 is 1.84 bits per heavy atom. The van der Waals surface area contributed by atoms with E-state index in [0.29, 0.717) is 12.8 Å². The molecular weight excluding hydrogens is 482 g/mol. The van der Waals surface area contributed by atoms with E-state index in [1.807, 2.05) is 24.3 Å². The van der Waals surface area contributed by atoms with Gasteiger partial charge in [0, 0.05) is 30.1 Å². The molecular formula is C25H33N5O7. The van der Waals surface area contributed by atoms with Crippen molar-refractivity contribution in [1.29, 1.82) is 0 Å². The number of amides is 3. The third-order valence-corrected chi connectivity index (χ3v) is 6.51. The van der Waals surface area contributed by atoms with Crippen LogP contribution in [0, 0.1) is 5.92 Å². The number of aliphatic carboxylic acids is 2. The molecule has 1 saturated heterocycles. The summed E-state index contributed by atoms with van der Waals surface area (Å²) in [7, 11) is 0. The van der Waals surface area contributed by atoms with Crippen LogP contribution in [0.3, 0.4) is 0 Å². The molecule has 1 aromatic heterocycles. The summed E-state index contributed by atoms with van der Waals surface area (Å²) >= 11 is 0. The van der Waals surface area contributed by atoms with Gasteiger partial charge in [0.1, 0.15) is 18.1 Å². The highest BCUT2D eigenvalue weighted by molar-refractivity contribution is 5.96. The lowest BCUT2D eigenvalue weighted by atomic mass is 10.0. The Morgan fingerprint density at radius 1 is 1.14 bits per heavy atom. The smallest absolute Gasteiger partial charge is 0.326 e. The summed E-state index contributed by atoms with van der Waals surface area (Å²) in [4.78, 5) is 66.4. The molecule has 1 fully saturated rings. The van der Waals surface area contributed by atoms with E-state index in [9.17, 15) is 29.1 Å². The zero-order valence-corrected chi connectivity index (χ0v) is 20.8. The van der Waals surface area contributed by atoms with Gasteiger partial charge in [-0.15, -0.1) is 0 Å². The maximum absolute atomic E-state index is 13.7. The fourth-order valence-electron chi connectivity index (χ4n) is 4.55. The van der Waals surface area contributed by atoms with E-state index in [0.717, 1.165) is 16.5 Å². The number of aromatic nitrogens is 1. The summed E-state index contributed by atoms with van der Waals surface area (Å²) in [6.07, 6.45) is 2.05. The van der Waals surface area contributed by atoms with E-state index in [1.54, 1.807) is 20.0 Å². The Kier molecular flexibility index (Phi) is 8.87. The Bertz CT molecular complexity index is 1180. The number of carboxylic acid groups (broad SMARTS) is 2. The van der Waals surface area contributed by atoms with Crippen LogP contribution in [-0.2, 0) is 30.4 Å². The number of para-hydroxylation sites is 1. The number of hydrogen-bond acceptors (Lipinski definition) is 6. The van der Waals surface area contributed by atoms with Crippen LogP contribution >= 0.6 is 0 Å². The third-order valence-electron chi connectivity index (χ3n) is 6.51. The second kappa shape index (κ2) is 11.9. The molecule has 12 heteroatoms. The van der Waals surface area contributed by atoms with E-state index < -0.39 is 60.2 Å². The van der Waals surface area contributed by atoms with E-state index in [-0.39, 0.29) is 18.9 Å². The number of aromatic amines is 1. The van der Waals surface area contributed by atoms with Crippen molar-refractivity contribution >= 4 is 40.6 Å². The second-order valence-electron chi connectivity index (χ2n) is 9.59. The molecule has 0 bridgehead atoms. The van der Waals surface area contributed by atoms with Crippen LogP contribution in [0.25, 0.3) is 10.9 Å². The van der Waals surface area contributed by atoms with Crippen LogP contribution in [0.2, 0.25) is 0 Å². The average Bonchev–Trinajstić information content (AvgIpc) is 3.48. The number of carbonyl (C=O) groups excluding carboxylic acids is 3. The van der Waals surface area contributed by atoms with Crippen LogP contribution in [-0.4, -0.2) is 80.5 Å². The Balaban J connectivity index is 1.85. The second-order valence-corrected chi connectivity index (χ2v) is 9.59. The highest BCUT2D eigenvalue weighted by Crippen LogP contribution is 2.23. The number of H-pyrrole nitrogens is 1. The van der Waals surface area contributed by atoms with Crippen molar-refractivity contribution in [3.63, 3.8) is 0 Å². The number of nitrogens with zero attached hydrogens (tertiary/aromatic N) is 1. The number of fused-ring (bicyclic) bond motifs is 1. The molecule has 2 aromatic rings. The maximum atomic E-state index is 13.7. The predicted molar refractivity (Wildman–Crippen MR) is 133 cm³/mol. The van der Waals surface area contributed by atoms with Gasteiger partial charge in [-0.3, -0.25) is 19.2 Å². The lowest BCUT2D eigenvalue weighted by molar-refractivity contribution is -0.145. The molecule has 12 nitrogen and oxygen atoms in total. The molecule has 1 aromatic carbocycles. The Labute approximate surface area is 213 Å². The first-order chi connectivity index (χ1) is 17.5. The highest BCUT2D eigenvalue weighted by atomic mass is 16.4. The molecule has 7 N–H and O–H groups in total. The largest absolute Gasteiger partial charge is 0.481 e. The zero-order valence-electron chi connectivity index (χ0n) is 20.8. The van der Waals surface area contributed by atoms with Crippen molar-refractivity contribution in [2.24, 2.45) is 11.7 Å². The molecule has 200 valence electrons. The summed E-state index contributed by atoms with van der Waals surface area (Å²) in [6.45, 7) is 3.59. The number of rotatable bonds is 11. The molecule has 3 rings (SSSR count). The number of likely N-dealkylation sites (tertiary alicyclic amines) is 1. The van der Waals surface area contributed by atoms with E-state index in [4.69, 9.17) is 10.8 Å². The summed E-state index contributed by atoms with van der Waals surface area (Å²) in [5, 5.41) is 24.4. The van der Waals surface area contributed by atoms with Crippen LogP contribution in [0.1, 0.15) is 38.7 Å². The number of nitrogens with two attached hydrogens (primary N) is 1. The molecule has 4 atom stereocenters. The molecule has 0 radical (unpaired) electrons. The van der Waals surface area contributed by atoms with E-state index in [2.05, 4.69) is 15.6 Å². The molecule has 1 aliphatic rings. The predicted octanol–water partition coefficient (Wildman–Crippen LogP) is 0.214. The first kappa shape index (κ1) is 27.7. The summed E-state index contributed by atoms with van der Waals surface area (Å²) in [6, 6.07) is 2.93. The van der Waals surface area contributed by atoms with Gasteiger partial charge in [-0.2, -0.15) is 0 Å². The number of carbonyl (C=O) groups is 5. The Morgan fingerprint density at radius 3 is 2.49 bits per heavy atom. The number of benzene rings is 1. The van der Waals surface area contributed by atoms with Gasteiger partial charge in [0.25, 0.3) is 0 Å². The third kappa shape index (κ3) is 6.64. The minimum Gasteiger partial charge on any atom is -0.481 e. The number of carboxylic acids is 2. The van der Waals surface area contributed by atoms with Gasteiger partial charge in [0.2, 0.25) is 17.7 Å². The van der Waals surface area contributed by atoms with Crippen molar-refractivity contribution in [3.8, 4) is 0 Å². The van der Waals surface area contributed by atoms with Gasteiger partial charge in [-0.05, 0) is 30.4 Å². The summed E-state index contributed by atoms with van der Waals surface area (Å²) in [5.74, 6) is -4.70. The van der Waals surface area contributed by atoms with Crippen molar-refractivity contribution in [1.82, 2.24) is 20.5 Å². The fraction of sp³-hybridized carbons (Fsp3) is 0.480. The topological polar surface area (TPSA) is 195 Å². The average molecular weight is 516 g/mol. The molecule has 0 saturated carbocycles. The fourth-order valence-corrected chi connectivity index (χ4v) is 4.55. The van der Waals surface area contributed by atoms with Crippen LogP contribution < -0.4 is 16.4 Å². The molecule has 2 heterocycles. The van der Waals surface area contributed by atoms with E-state index >= 15 is 0 Å². The van der Waals surface area contributed by atoms with Gasteiger partial charge in [-0.1, -0.05) is 32.0 Å². The van der Waals surface area contributed by atoms with Crippen molar-refractivity contribution in [2.75, 3.05) is 6.54 Å². The molecule has 1 aliphatic heterocycles. The van der Waals surface area contributed by atoms with Gasteiger partial charge in [0.15, 0.2) is 0 Å². The van der Waals surface area contributed by atoms with Crippen LogP contribution in [0.4, 0.5) is 0 Å². The van der Waals surface area contributed by atoms with Crippen LogP contribution in [0.15, 0.2) is 30.5 Å². The number of nitrogens with one attached hydrogen (secondary N) is 3. The summed E-state index contributed by atoms with van der Waals surface area (Å²) < 4.78 is 0. The molecule has 4 unspecified atom stereocenters. The quantitative estimate of drug-likeness (QED) is 0.244. The van der Waals surface area contributed by atoms with Gasteiger partial charge >= 0.3 is 11.9 Å². The van der Waals surface area contributed by atoms with Crippen molar-refractivity contribution in [3.05, 3.63) is 36.0 Å². The zero-order chi connectivity index (χ0) is 27.3. The first-order valence-corrected chi connectivity index (χ1v) is 12.2. The normalized spacial score (nSPS) is 17.8. The van der Waals surface area contributed by atoms with Crippen molar-refractivity contribution < 1.29 is 34.2 Å². The monoisotopic (exact) mass is 515 g/mol. The molecule has 0 spiro atoms. The minimum absolute atomic E-state index is 0.0724. The van der Waals surface area contributed by atoms with E-state index in [1.165, 1.54) is 4.90 Å². The lowest BCUT2D eigenvalue weighted by Gasteiger charge is -2.30. The van der Waals surface area contributed by atoms with Crippen molar-refractivity contribution in [2.45, 2.75) is 63.7 Å². The van der Waals surface area contributed by atoms with Gasteiger partial charge in [0.05, 0.1) is 12.5 Å². The van der Waals surface area contributed by atoms with Crippen LogP contribution in [0.5, 0.6) is 0 Å². The van der Waals surface area contributed by atoms with Gasteiger partial charge < -0.3 is 36.5 Å². The first-order valence-electron chi connectivity index (χ1n) is 12.2. The maximum Gasteiger partial charge on any atom is 0.326 e. The van der Waals surface area contributed by atoms with Gasteiger partial charge in [-0.25, -0.2) is 4.79 Å².